The van der Waals surface area contributed by atoms with Crippen LogP contribution in [0.5, 0.6) is 0 Å². The van der Waals surface area contributed by atoms with Crippen LogP contribution < -0.4 is 0 Å². The van der Waals surface area contributed by atoms with Crippen molar-refractivity contribution in [2.75, 3.05) is 0 Å². The second-order valence-electron chi connectivity index (χ2n) is 7.42. The molecule has 0 aliphatic heterocycles. The molecule has 0 bridgehead atoms. The fraction of sp³-hybridized carbons (Fsp3) is 0.647. The Balaban J connectivity index is 2.31. The first-order chi connectivity index (χ1) is 8.17. The van der Waals surface area contributed by atoms with Gasteiger partial charge in [-0.3, -0.25) is 0 Å². The smallest absolute Gasteiger partial charge is 0.0838 e. The summed E-state index contributed by atoms with van der Waals surface area (Å²) in [6, 6.07) is 6.93. The zero-order chi connectivity index (χ0) is 13.6. The molecule has 0 aromatic heterocycles. The summed E-state index contributed by atoms with van der Waals surface area (Å²) in [5, 5.41) is 0. The Kier molecular flexibility index (Phi) is 3.31. The molecule has 0 saturated heterocycles. The molecule has 1 atom stereocenters. The van der Waals surface area contributed by atoms with E-state index in [0.29, 0.717) is 0 Å². The molecule has 18 heavy (non-hydrogen) atoms. The number of aryl methyl sites for hydroxylation is 1. The Hall–Kier alpha value is -0.820. The average molecular weight is 246 g/mol. The summed E-state index contributed by atoms with van der Waals surface area (Å²) in [7, 11) is 0. The molecule has 1 aliphatic rings. The van der Waals surface area contributed by atoms with Gasteiger partial charge in [0.25, 0.3) is 0 Å². The van der Waals surface area contributed by atoms with Gasteiger partial charge in [-0.1, -0.05) is 39.0 Å². The second-order valence-corrected chi connectivity index (χ2v) is 7.42. The van der Waals surface area contributed by atoms with Crippen LogP contribution in [0.3, 0.4) is 0 Å². The highest BCUT2D eigenvalue weighted by atomic mass is 16.5. The molecule has 0 amide bonds. The predicted octanol–water partition coefficient (Wildman–Crippen LogP) is 4.79. The molecule has 1 nitrogen and oxygen atoms in total. The lowest BCUT2D eigenvalue weighted by Crippen LogP contribution is -2.22. The number of ether oxygens (including phenoxy) is 1. The molecule has 0 N–H and O–H groups in total. The van der Waals surface area contributed by atoms with Gasteiger partial charge in [0, 0.05) is 0 Å². The molecule has 1 aromatic rings. The van der Waals surface area contributed by atoms with Gasteiger partial charge in [-0.25, -0.2) is 0 Å². The van der Waals surface area contributed by atoms with Crippen LogP contribution >= 0.6 is 0 Å². The third kappa shape index (κ3) is 2.95. The first-order valence-electron chi connectivity index (χ1n) is 6.98. The monoisotopic (exact) mass is 246 g/mol. The highest BCUT2D eigenvalue weighted by Crippen LogP contribution is 2.38. The summed E-state index contributed by atoms with van der Waals surface area (Å²) in [5.41, 5.74) is 4.44. The van der Waals surface area contributed by atoms with Gasteiger partial charge in [-0.2, -0.15) is 0 Å². The van der Waals surface area contributed by atoms with Crippen molar-refractivity contribution in [1.29, 1.82) is 0 Å². The summed E-state index contributed by atoms with van der Waals surface area (Å²) in [6.45, 7) is 13.2. The minimum Gasteiger partial charge on any atom is -0.368 e. The van der Waals surface area contributed by atoms with Crippen LogP contribution in [-0.2, 0) is 16.6 Å². The highest BCUT2D eigenvalue weighted by molar-refractivity contribution is 5.39. The first-order valence-corrected chi connectivity index (χ1v) is 6.98. The fourth-order valence-corrected chi connectivity index (χ4v) is 2.58. The van der Waals surface area contributed by atoms with Gasteiger partial charge in [0.05, 0.1) is 11.7 Å². The predicted molar refractivity (Wildman–Crippen MR) is 77.0 cm³/mol. The number of fused-ring (bicyclic) bond motifs is 1. The molecule has 1 heteroatoms. The van der Waals surface area contributed by atoms with Crippen molar-refractivity contribution >= 4 is 0 Å². The molecule has 0 spiro atoms. The van der Waals surface area contributed by atoms with Crippen molar-refractivity contribution in [3.05, 3.63) is 34.9 Å². The number of rotatable bonds is 1. The molecule has 0 radical (unpaired) electrons. The average Bonchev–Trinajstić information content (AvgIpc) is 2.57. The standard InChI is InChI=1S/C17H26O/c1-16(2,3)13-9-7-12-8-10-15(14(12)11-13)18-17(4,5)6/h7,9,11,15H,8,10H2,1-6H3/t15-/m0/s1. The quantitative estimate of drug-likeness (QED) is 0.692. The molecule has 0 heterocycles. The van der Waals surface area contributed by atoms with E-state index in [1.54, 1.807) is 0 Å². The Labute approximate surface area is 112 Å². The van der Waals surface area contributed by atoms with Crippen LogP contribution in [0, 0.1) is 0 Å². The van der Waals surface area contributed by atoms with Crippen LogP contribution in [-0.4, -0.2) is 5.60 Å². The molecule has 0 fully saturated rings. The molecular formula is C17H26O. The van der Waals surface area contributed by atoms with E-state index in [0.717, 1.165) is 12.8 Å². The third-order valence-corrected chi connectivity index (χ3v) is 3.53. The van der Waals surface area contributed by atoms with E-state index < -0.39 is 0 Å². The summed E-state index contributed by atoms with van der Waals surface area (Å²) < 4.78 is 6.19. The Morgan fingerprint density at radius 3 is 2.28 bits per heavy atom. The zero-order valence-electron chi connectivity index (χ0n) is 12.6. The lowest BCUT2D eigenvalue weighted by Gasteiger charge is -2.26. The minimum atomic E-state index is -0.0655. The van der Waals surface area contributed by atoms with Gasteiger partial charge in [0.2, 0.25) is 0 Å². The van der Waals surface area contributed by atoms with Crippen LogP contribution in [0.4, 0.5) is 0 Å². The van der Waals surface area contributed by atoms with Gasteiger partial charge in [0.1, 0.15) is 0 Å². The van der Waals surface area contributed by atoms with Gasteiger partial charge in [-0.15, -0.1) is 0 Å². The third-order valence-electron chi connectivity index (χ3n) is 3.53. The van der Waals surface area contributed by atoms with Crippen molar-refractivity contribution in [2.45, 2.75) is 71.5 Å². The fourth-order valence-electron chi connectivity index (χ4n) is 2.58. The topological polar surface area (TPSA) is 9.23 Å². The molecule has 100 valence electrons. The summed E-state index contributed by atoms with van der Waals surface area (Å²) >= 11 is 0. The zero-order valence-corrected chi connectivity index (χ0v) is 12.6. The van der Waals surface area contributed by atoms with Crippen molar-refractivity contribution in [3.8, 4) is 0 Å². The Morgan fingerprint density at radius 2 is 1.72 bits per heavy atom. The maximum Gasteiger partial charge on any atom is 0.0838 e. The van der Waals surface area contributed by atoms with Gasteiger partial charge < -0.3 is 4.74 Å². The van der Waals surface area contributed by atoms with E-state index in [9.17, 15) is 0 Å². The Bertz CT molecular complexity index is 432. The minimum absolute atomic E-state index is 0.0655. The molecular weight excluding hydrogens is 220 g/mol. The van der Waals surface area contributed by atoms with Crippen molar-refractivity contribution in [2.24, 2.45) is 0 Å². The summed E-state index contributed by atoms with van der Waals surface area (Å²) in [5.74, 6) is 0. The van der Waals surface area contributed by atoms with Crippen molar-refractivity contribution < 1.29 is 4.74 Å². The van der Waals surface area contributed by atoms with E-state index in [2.05, 4.69) is 59.7 Å². The van der Waals surface area contributed by atoms with E-state index in [1.165, 1.54) is 16.7 Å². The van der Waals surface area contributed by atoms with Crippen LogP contribution in [0.25, 0.3) is 0 Å². The maximum atomic E-state index is 6.19. The normalized spacial score (nSPS) is 20.0. The number of hydrogen-bond acceptors (Lipinski definition) is 1. The van der Waals surface area contributed by atoms with E-state index in [1.807, 2.05) is 0 Å². The van der Waals surface area contributed by atoms with Crippen LogP contribution in [0.15, 0.2) is 18.2 Å². The second kappa shape index (κ2) is 4.38. The van der Waals surface area contributed by atoms with E-state index >= 15 is 0 Å². The highest BCUT2D eigenvalue weighted by Gasteiger charge is 2.28. The van der Waals surface area contributed by atoms with Crippen molar-refractivity contribution in [3.63, 3.8) is 0 Å². The van der Waals surface area contributed by atoms with Crippen LogP contribution in [0.1, 0.15) is 70.8 Å². The van der Waals surface area contributed by atoms with Crippen LogP contribution in [0.2, 0.25) is 0 Å². The van der Waals surface area contributed by atoms with E-state index in [-0.39, 0.29) is 17.1 Å². The SMILES string of the molecule is CC(C)(C)O[C@H]1CCc2ccc(C(C)(C)C)cc21. The number of benzene rings is 1. The van der Waals surface area contributed by atoms with Crippen molar-refractivity contribution in [1.82, 2.24) is 0 Å². The molecule has 2 rings (SSSR count). The first kappa shape index (κ1) is 13.6. The largest absolute Gasteiger partial charge is 0.368 e. The summed E-state index contributed by atoms with van der Waals surface area (Å²) in [6.07, 6.45) is 2.56. The molecule has 1 aliphatic carbocycles. The molecule has 0 saturated carbocycles. The lowest BCUT2D eigenvalue weighted by molar-refractivity contribution is -0.0605. The molecule has 0 unspecified atom stereocenters. The Morgan fingerprint density at radius 1 is 1.06 bits per heavy atom. The molecule has 1 aromatic carbocycles. The van der Waals surface area contributed by atoms with Gasteiger partial charge in [0.15, 0.2) is 0 Å². The maximum absolute atomic E-state index is 6.19. The van der Waals surface area contributed by atoms with Gasteiger partial charge in [-0.05, 0) is 55.7 Å². The van der Waals surface area contributed by atoms with E-state index in [4.69, 9.17) is 4.74 Å². The summed E-state index contributed by atoms with van der Waals surface area (Å²) in [4.78, 5) is 0. The lowest BCUT2D eigenvalue weighted by atomic mass is 9.85. The number of hydrogen-bond donors (Lipinski definition) is 0. The van der Waals surface area contributed by atoms with Gasteiger partial charge >= 0.3 is 0 Å².